The van der Waals surface area contributed by atoms with Crippen molar-refractivity contribution < 1.29 is 10.2 Å². The van der Waals surface area contributed by atoms with Crippen molar-refractivity contribution in [2.45, 2.75) is 39.2 Å². The highest BCUT2D eigenvalue weighted by molar-refractivity contribution is 5.38. The van der Waals surface area contributed by atoms with Crippen LogP contribution >= 0.6 is 0 Å². The van der Waals surface area contributed by atoms with Gasteiger partial charge in [0, 0.05) is 18.2 Å². The monoisotopic (exact) mass is 223 g/mol. The summed E-state index contributed by atoms with van der Waals surface area (Å²) in [5.41, 5.74) is 1.02. The molecule has 1 aromatic rings. The van der Waals surface area contributed by atoms with E-state index in [9.17, 15) is 10.2 Å². The van der Waals surface area contributed by atoms with Crippen LogP contribution in [0.2, 0.25) is 0 Å². The zero-order valence-corrected chi connectivity index (χ0v) is 10.4. The van der Waals surface area contributed by atoms with Gasteiger partial charge in [0.05, 0.1) is 0 Å². The SMILES string of the molecule is CC(CNC(C)(C)C)c1cc(O)cc(O)c1. The molecule has 0 heterocycles. The third kappa shape index (κ3) is 4.11. The number of nitrogens with one attached hydrogen (secondary N) is 1. The van der Waals surface area contributed by atoms with Crippen molar-refractivity contribution in [2.75, 3.05) is 6.54 Å². The fraction of sp³-hybridized carbons (Fsp3) is 0.538. The molecule has 0 spiro atoms. The van der Waals surface area contributed by atoms with Crippen LogP contribution in [0.3, 0.4) is 0 Å². The molecule has 1 atom stereocenters. The van der Waals surface area contributed by atoms with E-state index in [0.717, 1.165) is 12.1 Å². The number of rotatable bonds is 3. The summed E-state index contributed by atoms with van der Waals surface area (Å²) in [5, 5.41) is 22.2. The van der Waals surface area contributed by atoms with E-state index in [4.69, 9.17) is 0 Å². The van der Waals surface area contributed by atoms with Crippen LogP contribution in [-0.4, -0.2) is 22.3 Å². The highest BCUT2D eigenvalue weighted by Crippen LogP contribution is 2.25. The van der Waals surface area contributed by atoms with Gasteiger partial charge in [-0.15, -0.1) is 0 Å². The van der Waals surface area contributed by atoms with E-state index in [2.05, 4.69) is 33.0 Å². The van der Waals surface area contributed by atoms with E-state index in [0.29, 0.717) is 0 Å². The maximum atomic E-state index is 9.39. The molecule has 3 heteroatoms. The van der Waals surface area contributed by atoms with Crippen molar-refractivity contribution in [3.63, 3.8) is 0 Å². The van der Waals surface area contributed by atoms with E-state index >= 15 is 0 Å². The molecule has 0 amide bonds. The minimum Gasteiger partial charge on any atom is -0.508 e. The van der Waals surface area contributed by atoms with Gasteiger partial charge >= 0.3 is 0 Å². The van der Waals surface area contributed by atoms with Gasteiger partial charge in [-0.3, -0.25) is 0 Å². The average Bonchev–Trinajstić information content (AvgIpc) is 2.11. The summed E-state index contributed by atoms with van der Waals surface area (Å²) in [7, 11) is 0. The Hall–Kier alpha value is -1.22. The fourth-order valence-electron chi connectivity index (χ4n) is 1.48. The van der Waals surface area contributed by atoms with Crippen LogP contribution in [0.15, 0.2) is 18.2 Å². The Balaban J connectivity index is 2.69. The number of aromatic hydroxyl groups is 2. The standard InChI is InChI=1S/C13H21NO2/c1-9(8-14-13(2,3)4)10-5-11(15)7-12(16)6-10/h5-7,9,14-16H,8H2,1-4H3. The zero-order chi connectivity index (χ0) is 12.3. The van der Waals surface area contributed by atoms with Gasteiger partial charge in [-0.05, 0) is 44.4 Å². The van der Waals surface area contributed by atoms with E-state index in [1.54, 1.807) is 12.1 Å². The summed E-state index contributed by atoms with van der Waals surface area (Å²) in [4.78, 5) is 0. The molecule has 90 valence electrons. The predicted molar refractivity (Wildman–Crippen MR) is 65.9 cm³/mol. The smallest absolute Gasteiger partial charge is 0.119 e. The first kappa shape index (κ1) is 12.8. The summed E-state index contributed by atoms with van der Waals surface area (Å²) in [6.45, 7) is 9.21. The highest BCUT2D eigenvalue weighted by atomic mass is 16.3. The van der Waals surface area contributed by atoms with E-state index in [1.165, 1.54) is 6.07 Å². The molecular formula is C13H21NO2. The Labute approximate surface area is 97.1 Å². The van der Waals surface area contributed by atoms with Crippen LogP contribution in [0.25, 0.3) is 0 Å². The number of hydrogen-bond donors (Lipinski definition) is 3. The lowest BCUT2D eigenvalue weighted by molar-refractivity contribution is 0.410. The molecule has 3 N–H and O–H groups in total. The molecule has 0 aliphatic heterocycles. The van der Waals surface area contributed by atoms with Crippen LogP contribution in [0.4, 0.5) is 0 Å². The third-order valence-electron chi connectivity index (χ3n) is 2.43. The lowest BCUT2D eigenvalue weighted by Gasteiger charge is -2.23. The second kappa shape index (κ2) is 4.74. The Morgan fingerprint density at radius 2 is 1.62 bits per heavy atom. The zero-order valence-electron chi connectivity index (χ0n) is 10.4. The minimum atomic E-state index is 0.0765. The summed E-state index contributed by atoms with van der Waals surface area (Å²) in [5.74, 6) is 0.465. The van der Waals surface area contributed by atoms with Crippen LogP contribution in [0, 0.1) is 0 Å². The number of benzene rings is 1. The molecule has 1 aromatic carbocycles. The van der Waals surface area contributed by atoms with Crippen molar-refractivity contribution in [2.24, 2.45) is 0 Å². The first-order valence-electron chi connectivity index (χ1n) is 5.56. The highest BCUT2D eigenvalue weighted by Gasteiger charge is 2.13. The van der Waals surface area contributed by atoms with Crippen molar-refractivity contribution >= 4 is 0 Å². The molecule has 1 rings (SSSR count). The van der Waals surface area contributed by atoms with Gasteiger partial charge in [-0.2, -0.15) is 0 Å². The molecule has 3 nitrogen and oxygen atoms in total. The van der Waals surface area contributed by atoms with Crippen LogP contribution < -0.4 is 5.32 Å². The summed E-state index contributed by atoms with van der Waals surface area (Å²) in [6, 6.07) is 4.72. The molecule has 1 unspecified atom stereocenters. The van der Waals surface area contributed by atoms with E-state index < -0.39 is 0 Å². The lowest BCUT2D eigenvalue weighted by atomic mass is 9.99. The van der Waals surface area contributed by atoms with E-state index in [-0.39, 0.29) is 23.0 Å². The van der Waals surface area contributed by atoms with Gasteiger partial charge in [0.25, 0.3) is 0 Å². The van der Waals surface area contributed by atoms with E-state index in [1.807, 2.05) is 0 Å². The molecule has 0 saturated heterocycles. The van der Waals surface area contributed by atoms with Crippen LogP contribution in [0.1, 0.15) is 39.2 Å². The summed E-state index contributed by atoms with van der Waals surface area (Å²) < 4.78 is 0. The lowest BCUT2D eigenvalue weighted by Crippen LogP contribution is -2.38. The van der Waals surface area contributed by atoms with Gasteiger partial charge in [-0.25, -0.2) is 0 Å². The quantitative estimate of drug-likeness (QED) is 0.738. The maximum absolute atomic E-state index is 9.39. The van der Waals surface area contributed by atoms with Crippen LogP contribution in [-0.2, 0) is 0 Å². The normalized spacial score (nSPS) is 13.8. The molecule has 0 aromatic heterocycles. The predicted octanol–water partition coefficient (Wildman–Crippen LogP) is 2.59. The Morgan fingerprint density at radius 3 is 2.06 bits per heavy atom. The van der Waals surface area contributed by atoms with Crippen LogP contribution in [0.5, 0.6) is 11.5 Å². The topological polar surface area (TPSA) is 52.5 Å². The van der Waals surface area contributed by atoms with Gasteiger partial charge in [0.15, 0.2) is 0 Å². The first-order valence-corrected chi connectivity index (χ1v) is 5.56. The molecule has 0 radical (unpaired) electrons. The average molecular weight is 223 g/mol. The Kier molecular flexibility index (Phi) is 3.81. The van der Waals surface area contributed by atoms with Crippen molar-refractivity contribution in [1.29, 1.82) is 0 Å². The fourth-order valence-corrected chi connectivity index (χ4v) is 1.48. The molecule has 0 bridgehead atoms. The number of phenolic OH excluding ortho intramolecular Hbond substituents is 2. The molecule has 0 saturated carbocycles. The summed E-state index contributed by atoms with van der Waals surface area (Å²) in [6.07, 6.45) is 0. The second-order valence-corrected chi connectivity index (χ2v) is 5.31. The van der Waals surface area contributed by atoms with Gasteiger partial charge in [-0.1, -0.05) is 6.92 Å². The van der Waals surface area contributed by atoms with Crippen molar-refractivity contribution in [3.8, 4) is 11.5 Å². The minimum absolute atomic E-state index is 0.0765. The van der Waals surface area contributed by atoms with Gasteiger partial charge in [0.1, 0.15) is 11.5 Å². The molecule has 0 aliphatic carbocycles. The number of phenols is 2. The molecular weight excluding hydrogens is 202 g/mol. The molecule has 0 fully saturated rings. The summed E-state index contributed by atoms with van der Waals surface area (Å²) >= 11 is 0. The number of hydrogen-bond acceptors (Lipinski definition) is 3. The van der Waals surface area contributed by atoms with Gasteiger partial charge in [0.2, 0.25) is 0 Å². The Bertz CT molecular complexity index is 335. The van der Waals surface area contributed by atoms with Gasteiger partial charge < -0.3 is 15.5 Å². The Morgan fingerprint density at radius 1 is 1.12 bits per heavy atom. The van der Waals surface area contributed by atoms with Crippen molar-refractivity contribution in [3.05, 3.63) is 23.8 Å². The molecule has 16 heavy (non-hydrogen) atoms. The molecule has 0 aliphatic rings. The largest absolute Gasteiger partial charge is 0.508 e. The third-order valence-corrected chi connectivity index (χ3v) is 2.43. The first-order chi connectivity index (χ1) is 7.28. The maximum Gasteiger partial charge on any atom is 0.119 e. The van der Waals surface area contributed by atoms with Crippen molar-refractivity contribution in [1.82, 2.24) is 5.32 Å². The second-order valence-electron chi connectivity index (χ2n) is 5.31.